The third kappa shape index (κ3) is 4.05. The van der Waals surface area contributed by atoms with Crippen LogP contribution in [0.4, 0.5) is 5.69 Å². The molecule has 6 nitrogen and oxygen atoms in total. The van der Waals surface area contributed by atoms with Crippen molar-refractivity contribution in [2.45, 2.75) is 19.9 Å². The lowest BCUT2D eigenvalue weighted by molar-refractivity contribution is -0.131. The fourth-order valence-electron chi connectivity index (χ4n) is 3.01. The quantitative estimate of drug-likeness (QED) is 0.911. The van der Waals surface area contributed by atoms with Gasteiger partial charge in [0.15, 0.2) is 0 Å². The number of amides is 2. The summed E-state index contributed by atoms with van der Waals surface area (Å²) in [6.07, 6.45) is 3.38. The molecule has 1 unspecified atom stereocenters. The van der Waals surface area contributed by atoms with E-state index < -0.39 is 0 Å². The number of aryl methyl sites for hydroxylation is 1. The second-order valence-electron chi connectivity index (χ2n) is 6.14. The lowest BCUT2D eigenvalue weighted by Crippen LogP contribution is -2.51. The van der Waals surface area contributed by atoms with Gasteiger partial charge in [0.2, 0.25) is 11.8 Å². The van der Waals surface area contributed by atoms with Crippen molar-refractivity contribution in [3.05, 3.63) is 46.4 Å². The number of hydrogen-bond donors (Lipinski definition) is 1. The van der Waals surface area contributed by atoms with E-state index in [-0.39, 0.29) is 17.9 Å². The number of nitrogens with one attached hydrogen (secondary N) is 1. The van der Waals surface area contributed by atoms with Gasteiger partial charge in [-0.15, -0.1) is 11.3 Å². The fraction of sp³-hybridized carbons (Fsp3) is 0.389. The minimum Gasteiger partial charge on any atom is -0.340 e. The van der Waals surface area contributed by atoms with Crippen molar-refractivity contribution in [1.29, 1.82) is 0 Å². The summed E-state index contributed by atoms with van der Waals surface area (Å²) in [4.78, 5) is 33.6. The molecule has 132 valence electrons. The Balaban J connectivity index is 1.78. The van der Waals surface area contributed by atoms with Gasteiger partial charge in [0.1, 0.15) is 6.04 Å². The van der Waals surface area contributed by atoms with Gasteiger partial charge in [-0.1, -0.05) is 6.07 Å². The predicted molar refractivity (Wildman–Crippen MR) is 98.5 cm³/mol. The number of anilines is 1. The van der Waals surface area contributed by atoms with Crippen LogP contribution in [0.25, 0.3) is 0 Å². The second-order valence-corrected chi connectivity index (χ2v) is 7.12. The Kier molecular flexibility index (Phi) is 5.45. The maximum atomic E-state index is 13.0. The van der Waals surface area contributed by atoms with E-state index in [2.05, 4.69) is 15.2 Å². The SMILES string of the molecule is CC(=O)N1CCN(C(C(=O)Nc2cnccc2C)c2cccs2)CC1. The first-order valence-electron chi connectivity index (χ1n) is 8.30. The molecule has 1 aliphatic rings. The summed E-state index contributed by atoms with van der Waals surface area (Å²) in [6.45, 7) is 6.20. The summed E-state index contributed by atoms with van der Waals surface area (Å²) in [5, 5.41) is 5.00. The number of nitrogens with zero attached hydrogens (tertiary/aromatic N) is 3. The second kappa shape index (κ2) is 7.76. The molecule has 7 heteroatoms. The molecule has 0 bridgehead atoms. The van der Waals surface area contributed by atoms with E-state index in [1.165, 1.54) is 0 Å². The zero-order valence-corrected chi connectivity index (χ0v) is 15.3. The number of carbonyl (C=O) groups excluding carboxylic acids is 2. The Hall–Kier alpha value is -2.25. The molecule has 0 spiro atoms. The Bertz CT molecular complexity index is 739. The van der Waals surface area contributed by atoms with Crippen LogP contribution in [0.2, 0.25) is 0 Å². The molecule has 0 aromatic carbocycles. The molecule has 3 rings (SSSR count). The van der Waals surface area contributed by atoms with Crippen LogP contribution in [0, 0.1) is 6.92 Å². The molecular weight excluding hydrogens is 336 g/mol. The first-order chi connectivity index (χ1) is 12.1. The zero-order valence-electron chi connectivity index (χ0n) is 14.4. The first-order valence-corrected chi connectivity index (χ1v) is 9.18. The molecule has 1 aliphatic heterocycles. The topological polar surface area (TPSA) is 65.5 Å². The van der Waals surface area contributed by atoms with Crippen LogP contribution >= 0.6 is 11.3 Å². The highest BCUT2D eigenvalue weighted by Gasteiger charge is 2.32. The largest absolute Gasteiger partial charge is 0.340 e. The van der Waals surface area contributed by atoms with Gasteiger partial charge in [0.25, 0.3) is 0 Å². The van der Waals surface area contributed by atoms with Gasteiger partial charge in [-0.3, -0.25) is 19.5 Å². The monoisotopic (exact) mass is 358 g/mol. The standard InChI is InChI=1S/C18H22N4O2S/c1-13-5-6-19-12-15(13)20-18(24)17(16-4-3-11-25-16)22-9-7-21(8-10-22)14(2)23/h3-6,11-12,17H,7-10H2,1-2H3,(H,20,24). The summed E-state index contributed by atoms with van der Waals surface area (Å²) >= 11 is 1.58. The van der Waals surface area contributed by atoms with E-state index in [0.29, 0.717) is 26.2 Å². The van der Waals surface area contributed by atoms with E-state index in [0.717, 1.165) is 16.1 Å². The number of carbonyl (C=O) groups is 2. The Morgan fingerprint density at radius 3 is 2.60 bits per heavy atom. The van der Waals surface area contributed by atoms with Crippen molar-refractivity contribution >= 4 is 28.8 Å². The molecule has 0 radical (unpaired) electrons. The number of thiophene rings is 1. The van der Waals surface area contributed by atoms with Crippen LogP contribution < -0.4 is 5.32 Å². The van der Waals surface area contributed by atoms with Gasteiger partial charge in [-0.25, -0.2) is 0 Å². The maximum absolute atomic E-state index is 13.0. The van der Waals surface area contributed by atoms with E-state index in [9.17, 15) is 9.59 Å². The molecular formula is C18H22N4O2S. The minimum atomic E-state index is -0.353. The van der Waals surface area contributed by atoms with Gasteiger partial charge in [0.05, 0.1) is 11.9 Å². The van der Waals surface area contributed by atoms with E-state index >= 15 is 0 Å². The van der Waals surface area contributed by atoms with Crippen LogP contribution in [-0.4, -0.2) is 52.8 Å². The van der Waals surface area contributed by atoms with Crippen LogP contribution in [0.1, 0.15) is 23.4 Å². The number of piperazine rings is 1. The van der Waals surface area contributed by atoms with Crippen molar-refractivity contribution in [2.75, 3.05) is 31.5 Å². The molecule has 1 N–H and O–H groups in total. The number of rotatable bonds is 4. The first kappa shape index (κ1) is 17.6. The summed E-state index contributed by atoms with van der Waals surface area (Å²) in [5.74, 6) is 0.0255. The Morgan fingerprint density at radius 1 is 1.24 bits per heavy atom. The Labute approximate surface area is 151 Å². The van der Waals surface area contributed by atoms with Gasteiger partial charge < -0.3 is 10.2 Å². The third-order valence-corrected chi connectivity index (χ3v) is 5.41. The molecule has 0 aliphatic carbocycles. The molecule has 2 aromatic heterocycles. The minimum absolute atomic E-state index is 0.0603. The van der Waals surface area contributed by atoms with Crippen molar-refractivity contribution < 1.29 is 9.59 Å². The normalized spacial score (nSPS) is 16.5. The van der Waals surface area contributed by atoms with Crippen LogP contribution in [-0.2, 0) is 9.59 Å². The molecule has 25 heavy (non-hydrogen) atoms. The lowest BCUT2D eigenvalue weighted by Gasteiger charge is -2.38. The summed E-state index contributed by atoms with van der Waals surface area (Å²) in [5.41, 5.74) is 1.71. The van der Waals surface area contributed by atoms with Crippen LogP contribution in [0.3, 0.4) is 0 Å². The summed E-state index contributed by atoms with van der Waals surface area (Å²) in [6, 6.07) is 5.47. The van der Waals surface area contributed by atoms with Crippen molar-refractivity contribution in [3.63, 3.8) is 0 Å². The molecule has 0 saturated carbocycles. The van der Waals surface area contributed by atoms with Gasteiger partial charge in [-0.05, 0) is 30.0 Å². The zero-order chi connectivity index (χ0) is 17.8. The van der Waals surface area contributed by atoms with Crippen molar-refractivity contribution in [3.8, 4) is 0 Å². The molecule has 1 fully saturated rings. The predicted octanol–water partition coefficient (Wildman–Crippen LogP) is 2.30. The average molecular weight is 358 g/mol. The molecule has 3 heterocycles. The van der Waals surface area contributed by atoms with Crippen molar-refractivity contribution in [2.24, 2.45) is 0 Å². The van der Waals surface area contributed by atoms with Gasteiger partial charge in [-0.2, -0.15) is 0 Å². The molecule has 1 saturated heterocycles. The fourth-order valence-corrected chi connectivity index (χ4v) is 3.87. The van der Waals surface area contributed by atoms with E-state index in [4.69, 9.17) is 0 Å². The lowest BCUT2D eigenvalue weighted by atomic mass is 10.1. The smallest absolute Gasteiger partial charge is 0.247 e. The highest BCUT2D eigenvalue weighted by molar-refractivity contribution is 7.10. The molecule has 1 atom stereocenters. The third-order valence-electron chi connectivity index (χ3n) is 4.48. The van der Waals surface area contributed by atoms with Crippen LogP contribution in [0.5, 0.6) is 0 Å². The van der Waals surface area contributed by atoms with Crippen LogP contribution in [0.15, 0.2) is 36.0 Å². The van der Waals surface area contributed by atoms with E-state index in [1.54, 1.807) is 30.7 Å². The Morgan fingerprint density at radius 2 is 2.00 bits per heavy atom. The van der Waals surface area contributed by atoms with E-state index in [1.807, 2.05) is 35.4 Å². The average Bonchev–Trinajstić information content (AvgIpc) is 3.12. The highest BCUT2D eigenvalue weighted by atomic mass is 32.1. The molecule has 2 aromatic rings. The summed E-state index contributed by atoms with van der Waals surface area (Å²) in [7, 11) is 0. The maximum Gasteiger partial charge on any atom is 0.247 e. The van der Waals surface area contributed by atoms with Crippen molar-refractivity contribution in [1.82, 2.24) is 14.8 Å². The number of pyridine rings is 1. The summed E-state index contributed by atoms with van der Waals surface area (Å²) < 4.78 is 0. The van der Waals surface area contributed by atoms with Gasteiger partial charge >= 0.3 is 0 Å². The number of hydrogen-bond acceptors (Lipinski definition) is 5. The molecule has 2 amide bonds. The highest BCUT2D eigenvalue weighted by Crippen LogP contribution is 2.28. The van der Waals surface area contributed by atoms with Gasteiger partial charge in [0, 0.05) is 44.2 Å². The number of aromatic nitrogens is 1.